The largest absolute Gasteiger partial charge is 0.378 e. The van der Waals surface area contributed by atoms with E-state index in [4.69, 9.17) is 0 Å². The van der Waals surface area contributed by atoms with Crippen molar-refractivity contribution in [2.75, 3.05) is 24.3 Å². The number of sulfonamides is 1. The number of anilines is 2. The van der Waals surface area contributed by atoms with Crippen molar-refractivity contribution in [1.82, 2.24) is 14.5 Å². The Morgan fingerprint density at radius 3 is 2.50 bits per heavy atom. The normalized spacial score (nSPS) is 15.4. The second-order valence-corrected chi connectivity index (χ2v) is 10.2. The zero-order chi connectivity index (χ0) is 23.3. The lowest BCUT2D eigenvalue weighted by Gasteiger charge is -2.30. The molecular weight excluding hydrogens is 433 g/mol. The summed E-state index contributed by atoms with van der Waals surface area (Å²) in [5.74, 6) is -0.711. The standard InChI is InChI=1S/C22H24FN5O3S/c1-22(2)19-18(13-28(22)32(30,31)17-7-5-6-15(23)12-17)20(26-25-19)24-21(29)14-8-10-16(11-9-14)27(3)4/h5-12H,13H2,1-4H3,(H2,24,25,26,29). The van der Waals surface area contributed by atoms with Crippen molar-refractivity contribution < 1.29 is 17.6 Å². The number of hydrogen-bond donors (Lipinski definition) is 2. The third-order valence-corrected chi connectivity index (χ3v) is 7.68. The number of fused-ring (bicyclic) bond motifs is 1. The Balaban J connectivity index is 1.61. The Hall–Kier alpha value is -3.24. The van der Waals surface area contributed by atoms with Crippen molar-refractivity contribution in [3.05, 3.63) is 71.2 Å². The number of aromatic amines is 1. The lowest BCUT2D eigenvalue weighted by Crippen LogP contribution is -2.40. The second kappa shape index (κ2) is 7.72. The van der Waals surface area contributed by atoms with Crippen LogP contribution in [0.4, 0.5) is 15.9 Å². The minimum absolute atomic E-state index is 0.00708. The van der Waals surface area contributed by atoms with Crippen molar-refractivity contribution in [3.63, 3.8) is 0 Å². The van der Waals surface area contributed by atoms with Crippen LogP contribution in [-0.2, 0) is 22.1 Å². The van der Waals surface area contributed by atoms with Gasteiger partial charge in [0.05, 0.1) is 16.1 Å². The van der Waals surface area contributed by atoms with Crippen molar-refractivity contribution in [2.45, 2.75) is 30.8 Å². The lowest BCUT2D eigenvalue weighted by molar-refractivity contribution is 0.102. The molecule has 32 heavy (non-hydrogen) atoms. The van der Waals surface area contributed by atoms with Crippen LogP contribution in [0.15, 0.2) is 53.4 Å². The van der Waals surface area contributed by atoms with Gasteiger partial charge in [0.25, 0.3) is 5.91 Å². The summed E-state index contributed by atoms with van der Waals surface area (Å²) in [6.07, 6.45) is 0. The number of nitrogens with one attached hydrogen (secondary N) is 2. The van der Waals surface area contributed by atoms with Crippen LogP contribution < -0.4 is 10.2 Å². The molecule has 8 nitrogen and oxygen atoms in total. The molecule has 2 N–H and O–H groups in total. The highest BCUT2D eigenvalue weighted by molar-refractivity contribution is 7.89. The first-order chi connectivity index (χ1) is 15.0. The van der Waals surface area contributed by atoms with Gasteiger partial charge in [0.15, 0.2) is 5.82 Å². The van der Waals surface area contributed by atoms with Gasteiger partial charge in [-0.3, -0.25) is 9.89 Å². The van der Waals surface area contributed by atoms with E-state index in [9.17, 15) is 17.6 Å². The number of carbonyl (C=O) groups is 1. The first-order valence-electron chi connectivity index (χ1n) is 9.96. The Morgan fingerprint density at radius 1 is 1.19 bits per heavy atom. The summed E-state index contributed by atoms with van der Waals surface area (Å²) < 4.78 is 41.4. The maximum Gasteiger partial charge on any atom is 0.256 e. The van der Waals surface area contributed by atoms with Crippen LogP contribution in [0.1, 0.15) is 35.5 Å². The third kappa shape index (κ3) is 3.65. The quantitative estimate of drug-likeness (QED) is 0.613. The van der Waals surface area contributed by atoms with Gasteiger partial charge in [-0.15, -0.1) is 0 Å². The molecule has 2 heterocycles. The van der Waals surface area contributed by atoms with E-state index in [2.05, 4.69) is 15.5 Å². The van der Waals surface area contributed by atoms with E-state index in [1.165, 1.54) is 22.5 Å². The molecule has 0 unspecified atom stereocenters. The van der Waals surface area contributed by atoms with Gasteiger partial charge in [-0.05, 0) is 56.3 Å². The van der Waals surface area contributed by atoms with Gasteiger partial charge in [-0.2, -0.15) is 9.40 Å². The predicted octanol–water partition coefficient (Wildman–Crippen LogP) is 3.31. The van der Waals surface area contributed by atoms with Gasteiger partial charge in [-0.1, -0.05) is 6.07 Å². The third-order valence-electron chi connectivity index (χ3n) is 5.67. The smallest absolute Gasteiger partial charge is 0.256 e. The summed E-state index contributed by atoms with van der Waals surface area (Å²) in [5.41, 5.74) is 1.60. The van der Waals surface area contributed by atoms with Gasteiger partial charge in [0.1, 0.15) is 5.82 Å². The Kier molecular flexibility index (Phi) is 5.30. The highest BCUT2D eigenvalue weighted by Crippen LogP contribution is 2.43. The zero-order valence-corrected chi connectivity index (χ0v) is 19.0. The number of aromatic nitrogens is 2. The molecule has 0 atom stereocenters. The molecule has 4 rings (SSSR count). The summed E-state index contributed by atoms with van der Waals surface area (Å²) in [4.78, 5) is 14.5. The number of benzene rings is 2. The minimum Gasteiger partial charge on any atom is -0.378 e. The zero-order valence-electron chi connectivity index (χ0n) is 18.2. The molecule has 168 valence electrons. The van der Waals surface area contributed by atoms with Crippen molar-refractivity contribution in [3.8, 4) is 0 Å². The van der Waals surface area contributed by atoms with E-state index >= 15 is 0 Å². The summed E-state index contributed by atoms with van der Waals surface area (Å²) in [5, 5.41) is 9.84. The number of H-pyrrole nitrogens is 1. The van der Waals surface area contributed by atoms with E-state index in [1.807, 2.05) is 31.1 Å². The van der Waals surface area contributed by atoms with E-state index in [1.54, 1.807) is 26.0 Å². The molecule has 0 saturated carbocycles. The molecular formula is C22H24FN5O3S. The summed E-state index contributed by atoms with van der Waals surface area (Å²) in [6, 6.07) is 12.0. The summed E-state index contributed by atoms with van der Waals surface area (Å²) in [6.45, 7) is 3.46. The van der Waals surface area contributed by atoms with Crippen LogP contribution >= 0.6 is 0 Å². The van der Waals surface area contributed by atoms with Crippen LogP contribution in [0.3, 0.4) is 0 Å². The fraction of sp³-hybridized carbons (Fsp3) is 0.273. The van der Waals surface area contributed by atoms with Crippen molar-refractivity contribution in [1.29, 1.82) is 0 Å². The van der Waals surface area contributed by atoms with Gasteiger partial charge in [-0.25, -0.2) is 12.8 Å². The maximum absolute atomic E-state index is 13.7. The lowest BCUT2D eigenvalue weighted by atomic mass is 10.0. The van der Waals surface area contributed by atoms with E-state index in [-0.39, 0.29) is 23.2 Å². The topological polar surface area (TPSA) is 98.4 Å². The number of nitrogens with zero attached hydrogens (tertiary/aromatic N) is 3. The minimum atomic E-state index is -3.99. The Bertz CT molecular complexity index is 1280. The molecule has 1 aliphatic heterocycles. The number of halogens is 1. The highest BCUT2D eigenvalue weighted by Gasteiger charge is 2.47. The number of rotatable bonds is 5. The van der Waals surface area contributed by atoms with Crippen LogP contribution in [0.5, 0.6) is 0 Å². The molecule has 3 aromatic rings. The van der Waals surface area contributed by atoms with E-state index in [0.29, 0.717) is 16.8 Å². The molecule has 0 saturated heterocycles. The molecule has 10 heteroatoms. The molecule has 0 fully saturated rings. The van der Waals surface area contributed by atoms with Crippen molar-refractivity contribution >= 4 is 27.4 Å². The van der Waals surface area contributed by atoms with Crippen LogP contribution in [0, 0.1) is 5.82 Å². The maximum atomic E-state index is 13.7. The highest BCUT2D eigenvalue weighted by atomic mass is 32.2. The average Bonchev–Trinajstić information content (AvgIpc) is 3.26. The monoisotopic (exact) mass is 457 g/mol. The molecule has 1 amide bonds. The first kappa shape index (κ1) is 22.0. The van der Waals surface area contributed by atoms with Crippen LogP contribution in [-0.4, -0.2) is 42.9 Å². The molecule has 0 radical (unpaired) electrons. The molecule has 0 spiro atoms. The van der Waals surface area contributed by atoms with Gasteiger partial charge in [0, 0.05) is 37.5 Å². The fourth-order valence-corrected chi connectivity index (χ4v) is 5.58. The molecule has 0 bridgehead atoms. The van der Waals surface area contributed by atoms with Gasteiger partial charge >= 0.3 is 0 Å². The SMILES string of the molecule is CN(C)c1ccc(C(=O)Nc2n[nH]c3c2CN(S(=O)(=O)c2cccc(F)c2)C3(C)C)cc1. The molecule has 1 aliphatic rings. The number of carbonyl (C=O) groups excluding carboxylic acids is 1. The molecule has 2 aromatic carbocycles. The van der Waals surface area contributed by atoms with Crippen LogP contribution in [0.25, 0.3) is 0 Å². The van der Waals surface area contributed by atoms with E-state index < -0.39 is 21.4 Å². The van der Waals surface area contributed by atoms with Crippen LogP contribution in [0.2, 0.25) is 0 Å². The molecule has 0 aliphatic carbocycles. The van der Waals surface area contributed by atoms with E-state index in [0.717, 1.165) is 11.8 Å². The Labute approximate surface area is 186 Å². The summed E-state index contributed by atoms with van der Waals surface area (Å²) in [7, 11) is -0.168. The van der Waals surface area contributed by atoms with Gasteiger partial charge < -0.3 is 10.2 Å². The second-order valence-electron chi connectivity index (χ2n) is 8.35. The Morgan fingerprint density at radius 2 is 1.88 bits per heavy atom. The van der Waals surface area contributed by atoms with Gasteiger partial charge in [0.2, 0.25) is 10.0 Å². The number of amides is 1. The first-order valence-corrected chi connectivity index (χ1v) is 11.4. The average molecular weight is 458 g/mol. The molecule has 1 aromatic heterocycles. The van der Waals surface area contributed by atoms with Crippen molar-refractivity contribution in [2.24, 2.45) is 0 Å². The summed E-state index contributed by atoms with van der Waals surface area (Å²) >= 11 is 0. The number of hydrogen-bond acceptors (Lipinski definition) is 5. The predicted molar refractivity (Wildman–Crippen MR) is 119 cm³/mol. The fourth-order valence-electron chi connectivity index (χ4n) is 3.83.